The molecule has 2 nitrogen and oxygen atoms in total. The summed E-state index contributed by atoms with van der Waals surface area (Å²) in [7, 11) is 0. The molecule has 0 radical (unpaired) electrons. The van der Waals surface area contributed by atoms with Gasteiger partial charge in [-0.15, -0.1) is 0 Å². The Morgan fingerprint density at radius 1 is 0.219 bits per heavy atom. The maximum absolute atomic E-state index is 6.90. The van der Waals surface area contributed by atoms with Crippen molar-refractivity contribution in [3.63, 3.8) is 0 Å². The molecule has 296 valence electrons. The molecule has 0 saturated heterocycles. The van der Waals surface area contributed by atoms with E-state index in [9.17, 15) is 0 Å². The second kappa shape index (κ2) is 13.5. The minimum atomic E-state index is 0.872. The zero-order valence-corrected chi connectivity index (χ0v) is 34.6. The zero-order chi connectivity index (χ0) is 41.9. The molecule has 0 bridgehead atoms. The molecule has 0 aliphatic rings. The van der Waals surface area contributed by atoms with Crippen molar-refractivity contribution in [2.75, 3.05) is 0 Å². The Bertz CT molecular complexity index is 4130. The predicted molar refractivity (Wildman–Crippen MR) is 270 cm³/mol. The molecule has 0 atom stereocenters. The van der Waals surface area contributed by atoms with Gasteiger partial charge in [-0.3, -0.25) is 0 Å². The molecular weight excluding hydrogens is 777 g/mol. The third kappa shape index (κ3) is 5.08. The van der Waals surface area contributed by atoms with E-state index in [0.29, 0.717) is 0 Å². The predicted octanol–water partition coefficient (Wildman–Crippen LogP) is 17.9. The molecule has 2 heteroatoms. The number of fused-ring (bicyclic) bond motifs is 11. The van der Waals surface area contributed by atoms with Gasteiger partial charge in [-0.25, -0.2) is 0 Å². The molecule has 2 heterocycles. The first kappa shape index (κ1) is 35.2. The van der Waals surface area contributed by atoms with Crippen molar-refractivity contribution in [2.24, 2.45) is 0 Å². The lowest BCUT2D eigenvalue weighted by Crippen LogP contribution is -1.91. The highest BCUT2D eigenvalue weighted by molar-refractivity contribution is 6.27. The van der Waals surface area contributed by atoms with Crippen molar-refractivity contribution in [3.05, 3.63) is 218 Å². The van der Waals surface area contributed by atoms with E-state index in [1.54, 1.807) is 0 Å². The van der Waals surface area contributed by atoms with Gasteiger partial charge in [-0.2, -0.15) is 0 Å². The van der Waals surface area contributed by atoms with Crippen LogP contribution in [-0.2, 0) is 0 Å². The number of hydrogen-bond acceptors (Lipinski definition) is 2. The molecule has 0 aliphatic heterocycles. The molecule has 0 aliphatic carbocycles. The van der Waals surface area contributed by atoms with Gasteiger partial charge in [0.15, 0.2) is 0 Å². The van der Waals surface area contributed by atoms with Gasteiger partial charge >= 0.3 is 0 Å². The van der Waals surface area contributed by atoms with Crippen LogP contribution in [-0.4, -0.2) is 0 Å². The van der Waals surface area contributed by atoms with Gasteiger partial charge in [0.05, 0.1) is 0 Å². The Morgan fingerprint density at radius 2 is 0.672 bits per heavy atom. The van der Waals surface area contributed by atoms with Crippen molar-refractivity contribution >= 4 is 97.7 Å². The molecule has 14 rings (SSSR count). The largest absolute Gasteiger partial charge is 0.456 e. The highest BCUT2D eigenvalue weighted by atomic mass is 16.3. The van der Waals surface area contributed by atoms with Crippen LogP contribution in [0.1, 0.15) is 0 Å². The summed E-state index contributed by atoms with van der Waals surface area (Å²) >= 11 is 0. The molecule has 0 saturated carbocycles. The first-order valence-electron chi connectivity index (χ1n) is 22.0. The number of rotatable bonds is 4. The Kier molecular flexibility index (Phi) is 7.43. The SMILES string of the molecule is c1ccc(-c2c3ccccc3c(-c3cccc4oc5cc(-c6c7ccccc7c(-c7ccc8oc9cc%10ccccc%10cc9c8c7)c7ccccc67)ccc5c34)c3ccccc23)cc1. The summed E-state index contributed by atoms with van der Waals surface area (Å²) in [5.41, 5.74) is 13.2. The van der Waals surface area contributed by atoms with Gasteiger partial charge in [-0.05, 0) is 141 Å². The molecule has 12 aromatic carbocycles. The van der Waals surface area contributed by atoms with Crippen LogP contribution >= 0.6 is 0 Å². The summed E-state index contributed by atoms with van der Waals surface area (Å²) in [6.07, 6.45) is 0. The van der Waals surface area contributed by atoms with Gasteiger partial charge in [0.1, 0.15) is 22.3 Å². The van der Waals surface area contributed by atoms with Gasteiger partial charge in [0, 0.05) is 21.5 Å². The average Bonchev–Trinajstić information content (AvgIpc) is 3.91. The van der Waals surface area contributed by atoms with Crippen molar-refractivity contribution in [2.45, 2.75) is 0 Å². The first-order valence-corrected chi connectivity index (χ1v) is 22.0. The van der Waals surface area contributed by atoms with Crippen LogP contribution in [0, 0.1) is 0 Å². The van der Waals surface area contributed by atoms with Crippen LogP contribution in [0.15, 0.2) is 227 Å². The minimum Gasteiger partial charge on any atom is -0.456 e. The highest BCUT2D eigenvalue weighted by Crippen LogP contribution is 2.49. The molecule has 64 heavy (non-hydrogen) atoms. The van der Waals surface area contributed by atoms with Crippen LogP contribution in [0.5, 0.6) is 0 Å². The number of hydrogen-bond donors (Lipinski definition) is 0. The average molecular weight is 813 g/mol. The summed E-state index contributed by atoms with van der Waals surface area (Å²) in [5.74, 6) is 0. The van der Waals surface area contributed by atoms with E-state index in [2.05, 4.69) is 218 Å². The van der Waals surface area contributed by atoms with Crippen molar-refractivity contribution in [1.82, 2.24) is 0 Å². The molecule has 0 unspecified atom stereocenters. The van der Waals surface area contributed by atoms with Crippen molar-refractivity contribution in [3.8, 4) is 44.5 Å². The summed E-state index contributed by atoms with van der Waals surface area (Å²) < 4.78 is 13.3. The lowest BCUT2D eigenvalue weighted by molar-refractivity contribution is 0.669. The first-order chi connectivity index (χ1) is 31.7. The van der Waals surface area contributed by atoms with E-state index < -0.39 is 0 Å². The molecule has 0 fully saturated rings. The summed E-state index contributed by atoms with van der Waals surface area (Å²) in [4.78, 5) is 0. The van der Waals surface area contributed by atoms with Crippen LogP contribution in [0.4, 0.5) is 0 Å². The smallest absolute Gasteiger partial charge is 0.136 e. The molecular formula is C62H36O2. The molecule has 0 amide bonds. The molecule has 2 aromatic heterocycles. The maximum atomic E-state index is 6.90. The Balaban J connectivity index is 0.980. The topological polar surface area (TPSA) is 26.3 Å². The summed E-state index contributed by atoms with van der Waals surface area (Å²) in [6.45, 7) is 0. The second-order valence-corrected chi connectivity index (χ2v) is 17.0. The Morgan fingerprint density at radius 3 is 1.28 bits per heavy atom. The minimum absolute atomic E-state index is 0.872. The fourth-order valence-electron chi connectivity index (χ4n) is 10.9. The highest BCUT2D eigenvalue weighted by Gasteiger charge is 2.22. The Hall–Kier alpha value is -8.46. The molecule has 0 spiro atoms. The van der Waals surface area contributed by atoms with Gasteiger partial charge in [-0.1, -0.05) is 176 Å². The van der Waals surface area contributed by atoms with Crippen molar-refractivity contribution in [1.29, 1.82) is 0 Å². The Labute approximate surface area is 367 Å². The second-order valence-electron chi connectivity index (χ2n) is 17.0. The van der Waals surface area contributed by atoms with Crippen LogP contribution in [0.25, 0.3) is 142 Å². The van der Waals surface area contributed by atoms with E-state index in [-0.39, 0.29) is 0 Å². The third-order valence-electron chi connectivity index (χ3n) is 13.6. The molecule has 0 N–H and O–H groups in total. The number of furan rings is 2. The van der Waals surface area contributed by atoms with Gasteiger partial charge in [0.2, 0.25) is 0 Å². The number of benzene rings is 12. The quantitative estimate of drug-likeness (QED) is 0.166. The fourth-order valence-corrected chi connectivity index (χ4v) is 10.9. The normalized spacial score (nSPS) is 12.1. The van der Waals surface area contributed by atoms with E-state index in [4.69, 9.17) is 8.83 Å². The lowest BCUT2D eigenvalue weighted by Gasteiger charge is -2.18. The van der Waals surface area contributed by atoms with E-state index >= 15 is 0 Å². The van der Waals surface area contributed by atoms with Gasteiger partial charge in [0.25, 0.3) is 0 Å². The fraction of sp³-hybridized carbons (Fsp3) is 0. The third-order valence-corrected chi connectivity index (χ3v) is 13.6. The monoisotopic (exact) mass is 812 g/mol. The van der Waals surface area contributed by atoms with E-state index in [1.165, 1.54) is 92.8 Å². The van der Waals surface area contributed by atoms with Crippen LogP contribution in [0.2, 0.25) is 0 Å². The molecule has 14 aromatic rings. The van der Waals surface area contributed by atoms with E-state index in [0.717, 1.165) is 49.4 Å². The maximum Gasteiger partial charge on any atom is 0.136 e. The zero-order valence-electron chi connectivity index (χ0n) is 34.6. The van der Waals surface area contributed by atoms with E-state index in [1.807, 2.05) is 0 Å². The van der Waals surface area contributed by atoms with Crippen molar-refractivity contribution < 1.29 is 8.83 Å². The standard InChI is InChI=1S/C62H36O2/c1-2-15-37(16-3-1)58-46-23-10-12-25-48(46)61(49-26-13-11-24-47(49)58)51-27-14-28-55-62(51)50-31-29-41(36-56(50)64-55)60-44-21-8-6-19-42(44)59(43-20-7-9-22-45(43)60)40-30-32-54-52(34-40)53-33-38-17-4-5-18-39(38)35-57(53)63-54/h1-36H. The summed E-state index contributed by atoms with van der Waals surface area (Å²) in [6, 6.07) is 79.2. The summed E-state index contributed by atoms with van der Waals surface area (Å²) in [5, 5.41) is 16.6. The lowest BCUT2D eigenvalue weighted by atomic mass is 9.84. The van der Waals surface area contributed by atoms with Crippen LogP contribution in [0.3, 0.4) is 0 Å². The van der Waals surface area contributed by atoms with Crippen LogP contribution < -0.4 is 0 Å². The van der Waals surface area contributed by atoms with Gasteiger partial charge < -0.3 is 8.83 Å².